The molecule has 1 aliphatic rings. The zero-order chi connectivity index (χ0) is 17.1. The van der Waals surface area contributed by atoms with Gasteiger partial charge in [0.25, 0.3) is 11.8 Å². The van der Waals surface area contributed by atoms with E-state index in [-0.39, 0.29) is 17.4 Å². The second kappa shape index (κ2) is 7.01. The molecule has 0 aromatic heterocycles. The van der Waals surface area contributed by atoms with E-state index < -0.39 is 5.82 Å². The molecule has 1 saturated heterocycles. The normalized spacial score (nSPS) is 14.6. The van der Waals surface area contributed by atoms with Gasteiger partial charge in [0.1, 0.15) is 5.82 Å². The first-order valence-electron chi connectivity index (χ1n) is 7.65. The van der Waals surface area contributed by atoms with Gasteiger partial charge in [0.2, 0.25) is 0 Å². The summed E-state index contributed by atoms with van der Waals surface area (Å²) in [5, 5.41) is 0.576. The van der Waals surface area contributed by atoms with Gasteiger partial charge in [-0.25, -0.2) is 4.39 Å². The number of amides is 2. The number of nitrogens with zero attached hydrogens (tertiary/aromatic N) is 2. The Bertz CT molecular complexity index is 756. The summed E-state index contributed by atoms with van der Waals surface area (Å²) >= 11 is 5.83. The van der Waals surface area contributed by atoms with Crippen LogP contribution in [0.5, 0.6) is 0 Å². The molecule has 1 heterocycles. The van der Waals surface area contributed by atoms with Crippen molar-refractivity contribution in [2.75, 3.05) is 26.2 Å². The lowest BCUT2D eigenvalue weighted by molar-refractivity contribution is 0.0533. The fourth-order valence-corrected chi connectivity index (χ4v) is 2.82. The smallest absolute Gasteiger partial charge is 0.256 e. The van der Waals surface area contributed by atoms with Gasteiger partial charge in [-0.15, -0.1) is 0 Å². The molecular formula is C18H16ClFN2O2. The lowest BCUT2D eigenvalue weighted by Gasteiger charge is -2.35. The van der Waals surface area contributed by atoms with Crippen LogP contribution >= 0.6 is 11.6 Å². The van der Waals surface area contributed by atoms with Gasteiger partial charge in [0.05, 0.1) is 5.56 Å². The van der Waals surface area contributed by atoms with Crippen molar-refractivity contribution in [2.24, 2.45) is 0 Å². The molecule has 4 nitrogen and oxygen atoms in total. The highest BCUT2D eigenvalue weighted by Crippen LogP contribution is 2.15. The molecule has 0 N–H and O–H groups in total. The summed E-state index contributed by atoms with van der Waals surface area (Å²) in [6, 6.07) is 12.6. The van der Waals surface area contributed by atoms with Gasteiger partial charge in [0, 0.05) is 36.8 Å². The quantitative estimate of drug-likeness (QED) is 0.838. The molecular weight excluding hydrogens is 331 g/mol. The topological polar surface area (TPSA) is 40.6 Å². The van der Waals surface area contributed by atoms with Crippen molar-refractivity contribution in [3.63, 3.8) is 0 Å². The van der Waals surface area contributed by atoms with Crippen LogP contribution in [-0.2, 0) is 0 Å². The maximum Gasteiger partial charge on any atom is 0.256 e. The van der Waals surface area contributed by atoms with E-state index in [0.717, 1.165) is 0 Å². The highest BCUT2D eigenvalue weighted by Gasteiger charge is 2.26. The fraction of sp³-hybridized carbons (Fsp3) is 0.222. The summed E-state index contributed by atoms with van der Waals surface area (Å²) in [6.45, 7) is 1.60. The van der Waals surface area contributed by atoms with Crippen molar-refractivity contribution in [1.29, 1.82) is 0 Å². The summed E-state index contributed by atoms with van der Waals surface area (Å²) < 4.78 is 13.7. The van der Waals surface area contributed by atoms with Gasteiger partial charge in [-0.05, 0) is 36.4 Å². The van der Waals surface area contributed by atoms with E-state index in [2.05, 4.69) is 0 Å². The first-order chi connectivity index (χ1) is 11.6. The van der Waals surface area contributed by atoms with Crippen LogP contribution in [0.3, 0.4) is 0 Å². The zero-order valence-corrected chi connectivity index (χ0v) is 13.7. The van der Waals surface area contributed by atoms with Crippen LogP contribution in [-0.4, -0.2) is 47.8 Å². The van der Waals surface area contributed by atoms with Gasteiger partial charge < -0.3 is 9.80 Å². The number of piperazine rings is 1. The Labute approximate surface area is 144 Å². The second-order valence-corrected chi connectivity index (χ2v) is 6.01. The summed E-state index contributed by atoms with van der Waals surface area (Å²) in [5.74, 6) is -0.960. The molecule has 0 bridgehead atoms. The summed E-state index contributed by atoms with van der Waals surface area (Å²) in [6.07, 6.45) is 0. The number of carbonyl (C=O) groups excluding carboxylic acids is 2. The summed E-state index contributed by atoms with van der Waals surface area (Å²) in [5.41, 5.74) is 0.628. The van der Waals surface area contributed by atoms with Crippen LogP contribution in [0, 0.1) is 5.82 Å². The van der Waals surface area contributed by atoms with Crippen LogP contribution < -0.4 is 0 Å². The third-order valence-corrected chi connectivity index (χ3v) is 4.30. The number of carbonyl (C=O) groups is 2. The Kier molecular flexibility index (Phi) is 4.81. The Hall–Kier alpha value is -2.40. The van der Waals surface area contributed by atoms with Crippen molar-refractivity contribution >= 4 is 23.4 Å². The molecule has 2 aromatic carbocycles. The second-order valence-electron chi connectivity index (χ2n) is 5.57. The Morgan fingerprint density at radius 3 is 1.96 bits per heavy atom. The van der Waals surface area contributed by atoms with Gasteiger partial charge in [-0.3, -0.25) is 9.59 Å². The third-order valence-electron chi connectivity index (χ3n) is 4.05. The molecule has 0 saturated carbocycles. The van der Waals surface area contributed by atoms with E-state index in [1.165, 1.54) is 12.1 Å². The molecule has 0 atom stereocenters. The van der Waals surface area contributed by atoms with Gasteiger partial charge >= 0.3 is 0 Å². The number of benzene rings is 2. The standard InChI is InChI=1S/C18H16ClFN2O2/c19-14-7-5-13(6-8-14)17(23)21-9-11-22(12-10-21)18(24)15-3-1-2-4-16(15)20/h1-8H,9-12H2. The average molecular weight is 347 g/mol. The molecule has 0 aliphatic carbocycles. The molecule has 0 unspecified atom stereocenters. The molecule has 24 heavy (non-hydrogen) atoms. The van der Waals surface area contributed by atoms with Crippen LogP contribution in [0.4, 0.5) is 4.39 Å². The minimum atomic E-state index is -0.526. The van der Waals surface area contributed by atoms with E-state index in [9.17, 15) is 14.0 Å². The summed E-state index contributed by atoms with van der Waals surface area (Å²) in [7, 11) is 0. The van der Waals surface area contributed by atoms with Gasteiger partial charge in [-0.2, -0.15) is 0 Å². The van der Waals surface area contributed by atoms with Crippen LogP contribution in [0.15, 0.2) is 48.5 Å². The van der Waals surface area contributed by atoms with E-state index in [0.29, 0.717) is 36.8 Å². The van der Waals surface area contributed by atoms with Gasteiger partial charge in [-0.1, -0.05) is 23.7 Å². The van der Waals surface area contributed by atoms with E-state index in [1.54, 1.807) is 46.2 Å². The first-order valence-corrected chi connectivity index (χ1v) is 8.03. The lowest BCUT2D eigenvalue weighted by atomic mass is 10.1. The number of hydrogen-bond donors (Lipinski definition) is 0. The maximum absolute atomic E-state index is 13.7. The lowest BCUT2D eigenvalue weighted by Crippen LogP contribution is -2.50. The number of hydrogen-bond acceptors (Lipinski definition) is 2. The van der Waals surface area contributed by atoms with Gasteiger partial charge in [0.15, 0.2) is 0 Å². The predicted molar refractivity (Wildman–Crippen MR) is 89.7 cm³/mol. The predicted octanol–water partition coefficient (Wildman–Crippen LogP) is 3.08. The SMILES string of the molecule is O=C(c1ccc(Cl)cc1)N1CCN(C(=O)c2ccccc2F)CC1. The van der Waals surface area contributed by atoms with Crippen molar-refractivity contribution in [3.05, 3.63) is 70.5 Å². The minimum absolute atomic E-state index is 0.0648. The number of rotatable bonds is 2. The Morgan fingerprint density at radius 1 is 0.833 bits per heavy atom. The number of halogens is 2. The zero-order valence-electron chi connectivity index (χ0n) is 12.9. The molecule has 3 rings (SSSR count). The monoisotopic (exact) mass is 346 g/mol. The summed E-state index contributed by atoms with van der Waals surface area (Å²) in [4.78, 5) is 28.1. The van der Waals surface area contributed by atoms with Crippen molar-refractivity contribution in [2.45, 2.75) is 0 Å². The molecule has 6 heteroatoms. The average Bonchev–Trinajstić information content (AvgIpc) is 2.62. The van der Waals surface area contributed by atoms with Crippen LogP contribution in [0.25, 0.3) is 0 Å². The molecule has 2 aromatic rings. The van der Waals surface area contributed by atoms with Crippen molar-refractivity contribution in [1.82, 2.24) is 9.80 Å². The molecule has 124 valence electrons. The van der Waals surface area contributed by atoms with Crippen molar-refractivity contribution in [3.8, 4) is 0 Å². The molecule has 2 amide bonds. The van der Waals surface area contributed by atoms with Crippen LogP contribution in [0.1, 0.15) is 20.7 Å². The molecule has 1 fully saturated rings. The Balaban J connectivity index is 1.63. The fourth-order valence-electron chi connectivity index (χ4n) is 2.69. The first kappa shape index (κ1) is 16.5. The maximum atomic E-state index is 13.7. The highest BCUT2D eigenvalue weighted by atomic mass is 35.5. The van der Waals surface area contributed by atoms with E-state index >= 15 is 0 Å². The van der Waals surface area contributed by atoms with Crippen LogP contribution in [0.2, 0.25) is 5.02 Å². The molecule has 1 aliphatic heterocycles. The third kappa shape index (κ3) is 3.41. The Morgan fingerprint density at radius 2 is 1.38 bits per heavy atom. The minimum Gasteiger partial charge on any atom is -0.335 e. The largest absolute Gasteiger partial charge is 0.335 e. The molecule has 0 radical (unpaired) electrons. The van der Waals surface area contributed by atoms with E-state index in [1.807, 2.05) is 0 Å². The van der Waals surface area contributed by atoms with E-state index in [4.69, 9.17) is 11.6 Å². The highest BCUT2D eigenvalue weighted by molar-refractivity contribution is 6.30. The molecule has 0 spiro atoms. The van der Waals surface area contributed by atoms with Crippen molar-refractivity contribution < 1.29 is 14.0 Å².